The molecule has 0 aliphatic carbocycles. The molecule has 0 saturated carbocycles. The van der Waals surface area contributed by atoms with Gasteiger partial charge in [-0.25, -0.2) is 0 Å². The van der Waals surface area contributed by atoms with Gasteiger partial charge >= 0.3 is 0 Å². The van der Waals surface area contributed by atoms with Crippen molar-refractivity contribution in [3.8, 4) is 44.5 Å². The number of allylic oxidation sites excluding steroid dienone is 12. The molecular formula is C51H42. The summed E-state index contributed by atoms with van der Waals surface area (Å²) in [7, 11) is 0. The van der Waals surface area contributed by atoms with E-state index in [0.717, 1.165) is 39.0 Å². The van der Waals surface area contributed by atoms with Gasteiger partial charge in [-0.1, -0.05) is 178 Å². The molecule has 0 fully saturated rings. The molecule has 0 radical (unpaired) electrons. The smallest absolute Gasteiger partial charge is 0.0109 e. The third-order valence-corrected chi connectivity index (χ3v) is 9.13. The summed E-state index contributed by atoms with van der Waals surface area (Å²) in [5, 5.41) is 2.50. The highest BCUT2D eigenvalue weighted by Crippen LogP contribution is 2.34. The summed E-state index contributed by atoms with van der Waals surface area (Å²) in [6.07, 6.45) is 15.6. The first-order chi connectivity index (χ1) is 25.0. The number of rotatable bonds is 12. The molecule has 0 bridgehead atoms. The monoisotopic (exact) mass is 654 g/mol. The van der Waals surface area contributed by atoms with Crippen molar-refractivity contribution in [3.05, 3.63) is 237 Å². The Labute approximate surface area is 303 Å². The zero-order valence-electron chi connectivity index (χ0n) is 29.2. The van der Waals surface area contributed by atoms with Crippen LogP contribution in [0.3, 0.4) is 0 Å². The van der Waals surface area contributed by atoms with E-state index in [2.05, 4.69) is 178 Å². The van der Waals surface area contributed by atoms with Gasteiger partial charge in [0.2, 0.25) is 0 Å². The number of hydrogen-bond donors (Lipinski definition) is 0. The first kappa shape index (κ1) is 34.4. The van der Waals surface area contributed by atoms with Gasteiger partial charge < -0.3 is 0 Å². The van der Waals surface area contributed by atoms with Crippen molar-refractivity contribution >= 4 is 16.3 Å². The van der Waals surface area contributed by atoms with Crippen LogP contribution in [-0.2, 0) is 0 Å². The van der Waals surface area contributed by atoms with Gasteiger partial charge in [0.05, 0.1) is 0 Å². The van der Waals surface area contributed by atoms with Crippen LogP contribution in [0, 0.1) is 0 Å². The Morgan fingerprint density at radius 3 is 1.39 bits per heavy atom. The van der Waals surface area contributed by atoms with Crippen LogP contribution in [0.1, 0.15) is 12.5 Å². The summed E-state index contributed by atoms with van der Waals surface area (Å²) in [5.74, 6) is 0. The minimum Gasteiger partial charge on any atom is -0.0990 e. The molecule has 0 nitrogen and oxygen atoms in total. The molecule has 0 saturated heterocycles. The largest absolute Gasteiger partial charge is 0.0990 e. The Bertz CT molecular complexity index is 2380. The average molecular weight is 655 g/mol. The second-order valence-corrected chi connectivity index (χ2v) is 12.3. The fourth-order valence-corrected chi connectivity index (χ4v) is 6.50. The first-order valence-electron chi connectivity index (χ1n) is 17.2. The maximum atomic E-state index is 4.05. The van der Waals surface area contributed by atoms with Crippen molar-refractivity contribution in [1.82, 2.24) is 0 Å². The predicted molar refractivity (Wildman–Crippen MR) is 224 cm³/mol. The van der Waals surface area contributed by atoms with Crippen LogP contribution in [0.25, 0.3) is 60.9 Å². The molecule has 0 unspecified atom stereocenters. The number of benzene rings is 6. The highest BCUT2D eigenvalue weighted by molar-refractivity contribution is 5.88. The summed E-state index contributed by atoms with van der Waals surface area (Å²) >= 11 is 0. The maximum absolute atomic E-state index is 4.05. The zero-order valence-corrected chi connectivity index (χ0v) is 29.2. The predicted octanol–water partition coefficient (Wildman–Crippen LogP) is 14.4. The highest BCUT2D eigenvalue weighted by atomic mass is 14.1. The Morgan fingerprint density at radius 1 is 0.431 bits per heavy atom. The van der Waals surface area contributed by atoms with E-state index in [0.29, 0.717) is 0 Å². The van der Waals surface area contributed by atoms with Crippen LogP contribution < -0.4 is 0 Å². The lowest BCUT2D eigenvalue weighted by Gasteiger charge is -2.13. The van der Waals surface area contributed by atoms with Crippen molar-refractivity contribution in [2.45, 2.75) is 6.92 Å². The van der Waals surface area contributed by atoms with Crippen LogP contribution in [-0.4, -0.2) is 0 Å². The van der Waals surface area contributed by atoms with Crippen LogP contribution in [0.4, 0.5) is 0 Å². The molecule has 0 atom stereocenters. The van der Waals surface area contributed by atoms with E-state index in [9.17, 15) is 0 Å². The minimum absolute atomic E-state index is 0.972. The van der Waals surface area contributed by atoms with E-state index in [1.165, 1.54) is 44.2 Å². The molecule has 0 aromatic heterocycles. The molecule has 0 spiro atoms. The summed E-state index contributed by atoms with van der Waals surface area (Å²) in [4.78, 5) is 0. The van der Waals surface area contributed by atoms with Crippen molar-refractivity contribution < 1.29 is 0 Å². The Kier molecular flexibility index (Phi) is 11.0. The third-order valence-electron chi connectivity index (χ3n) is 9.13. The lowest BCUT2D eigenvalue weighted by atomic mass is 9.91. The van der Waals surface area contributed by atoms with Crippen molar-refractivity contribution in [3.63, 3.8) is 0 Å². The van der Waals surface area contributed by atoms with Crippen LogP contribution in [0.15, 0.2) is 231 Å². The van der Waals surface area contributed by atoms with E-state index >= 15 is 0 Å². The molecule has 6 aromatic carbocycles. The number of fused-ring (bicyclic) bond motifs is 1. The quantitative estimate of drug-likeness (QED) is 0.115. The minimum atomic E-state index is 0.972. The average Bonchev–Trinajstić information content (AvgIpc) is 3.19. The third kappa shape index (κ3) is 7.88. The topological polar surface area (TPSA) is 0 Å². The maximum Gasteiger partial charge on any atom is -0.0109 e. The lowest BCUT2D eigenvalue weighted by molar-refractivity contribution is 1.44. The van der Waals surface area contributed by atoms with E-state index in [4.69, 9.17) is 0 Å². The van der Waals surface area contributed by atoms with Gasteiger partial charge in [-0.15, -0.1) is 0 Å². The second-order valence-electron chi connectivity index (χ2n) is 12.3. The van der Waals surface area contributed by atoms with E-state index in [-0.39, 0.29) is 0 Å². The molecule has 0 aliphatic heterocycles. The first-order valence-corrected chi connectivity index (χ1v) is 17.2. The van der Waals surface area contributed by atoms with Gasteiger partial charge in [-0.05, 0) is 126 Å². The fraction of sp³-hybridized carbons (Fsp3) is 0.0196. The van der Waals surface area contributed by atoms with Gasteiger partial charge in [0, 0.05) is 0 Å². The summed E-state index contributed by atoms with van der Waals surface area (Å²) in [5.41, 5.74) is 14.6. The van der Waals surface area contributed by atoms with Gasteiger partial charge in [-0.2, -0.15) is 0 Å². The normalized spacial score (nSPS) is 12.4. The van der Waals surface area contributed by atoms with Gasteiger partial charge in [0.25, 0.3) is 0 Å². The van der Waals surface area contributed by atoms with E-state index < -0.39 is 0 Å². The van der Waals surface area contributed by atoms with Crippen molar-refractivity contribution in [1.29, 1.82) is 0 Å². The van der Waals surface area contributed by atoms with Gasteiger partial charge in [-0.3, -0.25) is 0 Å². The van der Waals surface area contributed by atoms with Crippen LogP contribution >= 0.6 is 0 Å². The summed E-state index contributed by atoms with van der Waals surface area (Å²) in [6, 6.07) is 50.3. The standard InChI is InChI=1S/C51H42/c1-6-17-38(10-5)51(37(8-3)9-4)36-40(18-7-2)42-21-13-22-43(32-42)44-23-14-24-45(33-44)46-25-15-26-47(34-46)48-27-16-28-49(35-48)50-30-29-39-19-11-12-20-41(39)31-50/h6-36H,1-3,5H2,4H3/b37-9+,38-17+,40-18+,51-36+. The summed E-state index contributed by atoms with van der Waals surface area (Å²) < 4.78 is 0. The molecule has 0 amide bonds. The Hall–Kier alpha value is -6.50. The van der Waals surface area contributed by atoms with Crippen LogP contribution in [0.5, 0.6) is 0 Å². The highest BCUT2D eigenvalue weighted by Gasteiger charge is 2.10. The molecule has 0 heteroatoms. The molecule has 0 heterocycles. The molecule has 0 aliphatic rings. The summed E-state index contributed by atoms with van der Waals surface area (Å²) in [6.45, 7) is 18.0. The Morgan fingerprint density at radius 2 is 0.902 bits per heavy atom. The van der Waals surface area contributed by atoms with E-state index in [1.54, 1.807) is 6.08 Å². The lowest BCUT2D eigenvalue weighted by Crippen LogP contribution is -1.93. The van der Waals surface area contributed by atoms with Crippen molar-refractivity contribution in [2.75, 3.05) is 0 Å². The molecule has 0 N–H and O–H groups in total. The molecular weight excluding hydrogens is 613 g/mol. The van der Waals surface area contributed by atoms with Gasteiger partial charge in [0.1, 0.15) is 0 Å². The molecule has 246 valence electrons. The van der Waals surface area contributed by atoms with Gasteiger partial charge in [0.15, 0.2) is 0 Å². The van der Waals surface area contributed by atoms with E-state index in [1.807, 2.05) is 37.3 Å². The fourth-order valence-electron chi connectivity index (χ4n) is 6.50. The Balaban J connectivity index is 1.33. The molecule has 6 rings (SSSR count). The molecule has 6 aromatic rings. The SMILES string of the molecule is C=C/C=C(C=C)/C(=C/C(=C\C=C)c1cccc(-c2cccc(-c3cccc(-c4cccc(-c5ccc6ccccc6c5)c4)c3)c2)c1)C(/C=C)=C/C. The van der Waals surface area contributed by atoms with Crippen molar-refractivity contribution in [2.24, 2.45) is 0 Å². The van der Waals surface area contributed by atoms with Crippen LogP contribution in [0.2, 0.25) is 0 Å². The number of hydrogen-bond acceptors (Lipinski definition) is 0. The molecule has 51 heavy (non-hydrogen) atoms. The zero-order chi connectivity index (χ0) is 35.6. The second kappa shape index (κ2) is 16.3.